The summed E-state index contributed by atoms with van der Waals surface area (Å²) in [4.78, 5) is 13.1. The summed E-state index contributed by atoms with van der Waals surface area (Å²) < 4.78 is 29.6. The molecule has 0 aliphatic carbocycles. The van der Waals surface area contributed by atoms with Crippen molar-refractivity contribution in [2.75, 3.05) is 19.6 Å². The number of nitrogens with one attached hydrogen (secondary N) is 1. The Balaban J connectivity index is 1.28. The Bertz CT molecular complexity index is 976. The highest BCUT2D eigenvalue weighted by Crippen LogP contribution is 2.27. The molecular formula is C20H29N5O3S2. The van der Waals surface area contributed by atoms with Gasteiger partial charge in [-0.15, -0.1) is 21.5 Å². The summed E-state index contributed by atoms with van der Waals surface area (Å²) >= 11 is 1.20. The Morgan fingerprint density at radius 2 is 1.80 bits per heavy atom. The predicted molar refractivity (Wildman–Crippen MR) is 115 cm³/mol. The van der Waals surface area contributed by atoms with Crippen molar-refractivity contribution in [1.82, 2.24) is 24.4 Å². The Morgan fingerprint density at radius 3 is 2.63 bits per heavy atom. The molecule has 1 saturated heterocycles. The summed E-state index contributed by atoms with van der Waals surface area (Å²) in [5.74, 6) is 1.88. The molecule has 0 unspecified atom stereocenters. The molecule has 164 valence electrons. The van der Waals surface area contributed by atoms with E-state index in [1.54, 1.807) is 16.4 Å². The third-order valence-electron chi connectivity index (χ3n) is 5.74. The van der Waals surface area contributed by atoms with Crippen LogP contribution in [0.1, 0.15) is 55.1 Å². The second-order valence-electron chi connectivity index (χ2n) is 7.96. The van der Waals surface area contributed by atoms with Crippen LogP contribution in [0.4, 0.5) is 0 Å². The maximum absolute atomic E-state index is 12.8. The van der Waals surface area contributed by atoms with E-state index in [9.17, 15) is 13.2 Å². The molecule has 2 aromatic heterocycles. The zero-order valence-corrected chi connectivity index (χ0v) is 18.8. The Kier molecular flexibility index (Phi) is 6.84. The summed E-state index contributed by atoms with van der Waals surface area (Å²) in [7, 11) is -3.43. The van der Waals surface area contributed by atoms with Gasteiger partial charge < -0.3 is 9.88 Å². The highest BCUT2D eigenvalue weighted by atomic mass is 32.2. The van der Waals surface area contributed by atoms with E-state index in [0.29, 0.717) is 30.3 Å². The number of nitrogens with zero attached hydrogens (tertiary/aromatic N) is 4. The van der Waals surface area contributed by atoms with E-state index < -0.39 is 10.0 Å². The Hall–Kier alpha value is -1.78. The molecule has 0 spiro atoms. The molecule has 2 aliphatic heterocycles. The van der Waals surface area contributed by atoms with E-state index in [0.717, 1.165) is 61.6 Å². The average molecular weight is 452 g/mol. The summed E-state index contributed by atoms with van der Waals surface area (Å²) in [5.41, 5.74) is 0. The SMILES string of the molecule is O=C(Cc1ccc(S(=O)(=O)N2CCCCC2)s1)NCCc1nnc2n1CCCCC2. The maximum Gasteiger partial charge on any atom is 0.252 e. The molecule has 0 radical (unpaired) electrons. The Labute approximate surface area is 181 Å². The molecule has 1 amide bonds. The van der Waals surface area contributed by atoms with Gasteiger partial charge in [0.1, 0.15) is 15.9 Å². The minimum Gasteiger partial charge on any atom is -0.355 e. The molecule has 0 bridgehead atoms. The number of fused-ring (bicyclic) bond motifs is 1. The van der Waals surface area contributed by atoms with E-state index in [-0.39, 0.29) is 12.3 Å². The van der Waals surface area contributed by atoms with Gasteiger partial charge >= 0.3 is 0 Å². The summed E-state index contributed by atoms with van der Waals surface area (Å²) in [6.07, 6.45) is 8.24. The average Bonchev–Trinajstić information content (AvgIpc) is 3.29. The lowest BCUT2D eigenvalue weighted by Gasteiger charge is -2.25. The summed E-state index contributed by atoms with van der Waals surface area (Å²) in [6, 6.07) is 3.38. The minimum atomic E-state index is -3.43. The first-order valence-electron chi connectivity index (χ1n) is 10.8. The topological polar surface area (TPSA) is 97.2 Å². The van der Waals surface area contributed by atoms with Gasteiger partial charge in [0.2, 0.25) is 5.91 Å². The fraction of sp³-hybridized carbons (Fsp3) is 0.650. The zero-order chi connectivity index (χ0) is 21.0. The highest BCUT2D eigenvalue weighted by molar-refractivity contribution is 7.91. The van der Waals surface area contributed by atoms with Gasteiger partial charge in [0.05, 0.1) is 6.42 Å². The van der Waals surface area contributed by atoms with Crippen LogP contribution in [0.15, 0.2) is 16.3 Å². The largest absolute Gasteiger partial charge is 0.355 e. The molecule has 0 aromatic carbocycles. The van der Waals surface area contributed by atoms with Crippen LogP contribution in [0, 0.1) is 0 Å². The smallest absolute Gasteiger partial charge is 0.252 e. The molecule has 4 heterocycles. The first-order chi connectivity index (χ1) is 14.5. The molecule has 1 fully saturated rings. The van der Waals surface area contributed by atoms with Gasteiger partial charge in [-0.2, -0.15) is 4.31 Å². The van der Waals surface area contributed by atoms with Crippen LogP contribution in [-0.4, -0.2) is 53.0 Å². The van der Waals surface area contributed by atoms with Gasteiger partial charge in [0, 0.05) is 43.9 Å². The van der Waals surface area contributed by atoms with Crippen LogP contribution in [0.2, 0.25) is 0 Å². The number of hydrogen-bond acceptors (Lipinski definition) is 6. The van der Waals surface area contributed by atoms with Gasteiger partial charge in [-0.1, -0.05) is 12.8 Å². The number of aromatic nitrogens is 3. The fourth-order valence-corrected chi connectivity index (χ4v) is 7.11. The first kappa shape index (κ1) is 21.5. The van der Waals surface area contributed by atoms with Crippen molar-refractivity contribution in [2.45, 2.75) is 68.5 Å². The van der Waals surface area contributed by atoms with Crippen LogP contribution in [0.3, 0.4) is 0 Å². The van der Waals surface area contributed by atoms with Crippen molar-refractivity contribution >= 4 is 27.3 Å². The molecule has 0 saturated carbocycles. The van der Waals surface area contributed by atoms with Gasteiger partial charge in [-0.3, -0.25) is 4.79 Å². The minimum absolute atomic E-state index is 0.102. The van der Waals surface area contributed by atoms with Crippen molar-refractivity contribution in [3.05, 3.63) is 28.7 Å². The molecule has 2 aromatic rings. The summed E-state index contributed by atoms with van der Waals surface area (Å²) in [5, 5.41) is 11.5. The van der Waals surface area contributed by atoms with E-state index in [1.807, 2.05) is 0 Å². The van der Waals surface area contributed by atoms with Crippen LogP contribution in [0.25, 0.3) is 0 Å². The standard InChI is InChI=1S/C20H29N5O3S2/c26-19(21-11-10-18-23-22-17-7-3-1-6-14-25(17)18)15-16-8-9-20(29-16)30(27,28)24-12-4-2-5-13-24/h8-9H,1-7,10-15H2,(H,21,26). The number of thiophene rings is 1. The number of sulfonamides is 1. The fourth-order valence-electron chi connectivity index (χ4n) is 4.09. The van der Waals surface area contributed by atoms with Gasteiger partial charge in [0.25, 0.3) is 10.0 Å². The van der Waals surface area contributed by atoms with Crippen molar-refractivity contribution in [3.63, 3.8) is 0 Å². The molecular weight excluding hydrogens is 422 g/mol. The van der Waals surface area contributed by atoms with Crippen LogP contribution >= 0.6 is 11.3 Å². The third kappa shape index (κ3) is 4.92. The summed E-state index contributed by atoms with van der Waals surface area (Å²) in [6.45, 7) is 2.63. The van der Waals surface area contributed by atoms with Crippen molar-refractivity contribution in [2.24, 2.45) is 0 Å². The first-order valence-corrected chi connectivity index (χ1v) is 13.1. The van der Waals surface area contributed by atoms with E-state index in [4.69, 9.17) is 0 Å². The molecule has 30 heavy (non-hydrogen) atoms. The third-order valence-corrected chi connectivity index (χ3v) is 9.19. The number of rotatable bonds is 7. The number of aryl methyl sites for hydroxylation is 1. The lowest BCUT2D eigenvalue weighted by atomic mass is 10.2. The normalized spacial score (nSPS) is 18.0. The molecule has 10 heteroatoms. The van der Waals surface area contributed by atoms with Crippen molar-refractivity contribution in [3.8, 4) is 0 Å². The number of hydrogen-bond donors (Lipinski definition) is 1. The monoisotopic (exact) mass is 451 g/mol. The van der Waals surface area contributed by atoms with Crippen molar-refractivity contribution < 1.29 is 13.2 Å². The lowest BCUT2D eigenvalue weighted by molar-refractivity contribution is -0.120. The second kappa shape index (κ2) is 9.57. The number of piperidine rings is 1. The van der Waals surface area contributed by atoms with Crippen molar-refractivity contribution in [1.29, 1.82) is 0 Å². The molecule has 1 N–H and O–H groups in total. The Morgan fingerprint density at radius 1 is 1.03 bits per heavy atom. The van der Waals surface area contributed by atoms with Crippen LogP contribution in [0.5, 0.6) is 0 Å². The number of carbonyl (C=O) groups is 1. The van der Waals surface area contributed by atoms with E-state index in [2.05, 4.69) is 20.1 Å². The van der Waals surface area contributed by atoms with Gasteiger partial charge in [-0.25, -0.2) is 8.42 Å². The quantitative estimate of drug-likeness (QED) is 0.696. The van der Waals surface area contributed by atoms with Crippen LogP contribution < -0.4 is 5.32 Å². The van der Waals surface area contributed by atoms with Crippen LogP contribution in [-0.2, 0) is 40.6 Å². The zero-order valence-electron chi connectivity index (χ0n) is 17.2. The van der Waals surface area contributed by atoms with Gasteiger partial charge in [0.15, 0.2) is 0 Å². The molecule has 2 aliphatic rings. The molecule has 0 atom stereocenters. The second-order valence-corrected chi connectivity index (χ2v) is 11.3. The highest BCUT2D eigenvalue weighted by Gasteiger charge is 2.27. The number of amides is 1. The molecule has 4 rings (SSSR count). The lowest BCUT2D eigenvalue weighted by Crippen LogP contribution is -2.35. The molecule has 8 nitrogen and oxygen atoms in total. The van der Waals surface area contributed by atoms with Gasteiger partial charge in [-0.05, 0) is 37.8 Å². The van der Waals surface area contributed by atoms with E-state index >= 15 is 0 Å². The maximum atomic E-state index is 12.8. The van der Waals surface area contributed by atoms with E-state index in [1.165, 1.54) is 17.8 Å². The predicted octanol–water partition coefficient (Wildman–Crippen LogP) is 2.14. The number of carbonyl (C=O) groups excluding carboxylic acids is 1.